The van der Waals surface area contributed by atoms with Crippen molar-refractivity contribution < 1.29 is 22.7 Å². The summed E-state index contributed by atoms with van der Waals surface area (Å²) in [5, 5.41) is 9.99. The van der Waals surface area contributed by atoms with Crippen molar-refractivity contribution in [2.24, 2.45) is 0 Å². The minimum absolute atomic E-state index is 0.00527. The maximum absolute atomic E-state index is 13.7. The number of likely N-dealkylation sites (N-methyl/N-ethyl adjacent to an activating group) is 1. The first-order chi connectivity index (χ1) is 9.87. The molecule has 2 atom stereocenters. The van der Waals surface area contributed by atoms with Gasteiger partial charge < -0.3 is 9.84 Å². The monoisotopic (exact) mass is 317 g/mol. The lowest BCUT2D eigenvalue weighted by Crippen LogP contribution is -2.46. The highest BCUT2D eigenvalue weighted by molar-refractivity contribution is 7.89. The maximum atomic E-state index is 13.7. The van der Waals surface area contributed by atoms with Crippen molar-refractivity contribution in [3.63, 3.8) is 0 Å². The molecule has 1 saturated carbocycles. The number of methoxy groups -OCH3 is 1. The lowest BCUT2D eigenvalue weighted by Gasteiger charge is -2.34. The van der Waals surface area contributed by atoms with Crippen molar-refractivity contribution in [3.8, 4) is 5.75 Å². The van der Waals surface area contributed by atoms with Gasteiger partial charge >= 0.3 is 0 Å². The van der Waals surface area contributed by atoms with Crippen LogP contribution < -0.4 is 4.74 Å². The van der Waals surface area contributed by atoms with Gasteiger partial charge in [0, 0.05) is 7.05 Å². The third kappa shape index (κ3) is 3.20. The highest BCUT2D eigenvalue weighted by atomic mass is 32.2. The summed E-state index contributed by atoms with van der Waals surface area (Å²) in [6.07, 6.45) is 2.28. The summed E-state index contributed by atoms with van der Waals surface area (Å²) in [6.45, 7) is 0. The van der Waals surface area contributed by atoms with Crippen LogP contribution in [0.5, 0.6) is 5.75 Å². The van der Waals surface area contributed by atoms with Gasteiger partial charge in [-0.2, -0.15) is 4.31 Å². The number of ether oxygens (including phenoxy) is 1. The van der Waals surface area contributed by atoms with Crippen molar-refractivity contribution in [2.75, 3.05) is 14.2 Å². The molecule has 7 heteroatoms. The van der Waals surface area contributed by atoms with Crippen LogP contribution in [-0.2, 0) is 10.0 Å². The van der Waals surface area contributed by atoms with E-state index in [2.05, 4.69) is 0 Å². The van der Waals surface area contributed by atoms with Crippen LogP contribution in [0.1, 0.15) is 25.7 Å². The molecule has 1 aliphatic rings. The Labute approximate surface area is 124 Å². The van der Waals surface area contributed by atoms with Crippen molar-refractivity contribution in [2.45, 2.75) is 42.7 Å². The first kappa shape index (κ1) is 16.2. The Morgan fingerprint density at radius 1 is 1.33 bits per heavy atom. The standard InChI is InChI=1S/C14H20FNO4S/c1-16(12-5-3-4-6-13(12)17)21(18,19)10-7-8-14(20-2)11(15)9-10/h7-9,12-13,17H,3-6H2,1-2H3/t12-,13+/m1/s1. The molecule has 0 spiro atoms. The molecule has 1 N–H and O–H groups in total. The van der Waals surface area contributed by atoms with Gasteiger partial charge in [-0.1, -0.05) is 12.8 Å². The van der Waals surface area contributed by atoms with Crippen molar-refractivity contribution in [3.05, 3.63) is 24.0 Å². The fourth-order valence-corrected chi connectivity index (χ4v) is 4.10. The minimum Gasteiger partial charge on any atom is -0.494 e. The van der Waals surface area contributed by atoms with Crippen LogP contribution in [0.3, 0.4) is 0 Å². The molecule has 1 aromatic carbocycles. The quantitative estimate of drug-likeness (QED) is 0.919. The number of benzene rings is 1. The van der Waals surface area contributed by atoms with Crippen LogP contribution in [0.4, 0.5) is 4.39 Å². The average molecular weight is 317 g/mol. The van der Waals surface area contributed by atoms with Gasteiger partial charge in [0.25, 0.3) is 0 Å². The topological polar surface area (TPSA) is 66.8 Å². The predicted octanol–water partition coefficient (Wildman–Crippen LogP) is 1.76. The second kappa shape index (κ2) is 6.29. The molecule has 0 heterocycles. The highest BCUT2D eigenvalue weighted by Crippen LogP contribution is 2.28. The van der Waals surface area contributed by atoms with Gasteiger partial charge in [0.1, 0.15) is 0 Å². The summed E-state index contributed by atoms with van der Waals surface area (Å²) >= 11 is 0. The number of sulfonamides is 1. The summed E-state index contributed by atoms with van der Waals surface area (Å²) in [5.74, 6) is -0.731. The van der Waals surface area contributed by atoms with E-state index in [1.165, 1.54) is 26.3 Å². The fraction of sp³-hybridized carbons (Fsp3) is 0.571. The van der Waals surface area contributed by atoms with E-state index in [0.717, 1.165) is 23.2 Å². The molecule has 21 heavy (non-hydrogen) atoms. The predicted molar refractivity (Wildman–Crippen MR) is 76.2 cm³/mol. The lowest BCUT2D eigenvalue weighted by atomic mass is 9.93. The Hall–Kier alpha value is -1.18. The minimum atomic E-state index is -3.84. The number of rotatable bonds is 4. The van der Waals surface area contributed by atoms with Gasteiger partial charge in [-0.15, -0.1) is 0 Å². The molecule has 5 nitrogen and oxygen atoms in total. The van der Waals surface area contributed by atoms with Gasteiger partial charge in [-0.3, -0.25) is 0 Å². The molecule has 0 bridgehead atoms. The molecule has 0 aromatic heterocycles. The smallest absolute Gasteiger partial charge is 0.243 e. The van der Waals surface area contributed by atoms with Crippen molar-refractivity contribution in [1.29, 1.82) is 0 Å². The van der Waals surface area contributed by atoms with Gasteiger partial charge in [0.2, 0.25) is 10.0 Å². The second-order valence-corrected chi connectivity index (χ2v) is 7.23. The average Bonchev–Trinajstić information content (AvgIpc) is 2.47. The molecule has 1 aromatic rings. The Balaban J connectivity index is 2.30. The zero-order chi connectivity index (χ0) is 15.6. The van der Waals surface area contributed by atoms with E-state index in [-0.39, 0.29) is 10.6 Å². The third-order valence-corrected chi connectivity index (χ3v) is 5.84. The van der Waals surface area contributed by atoms with E-state index < -0.39 is 28.0 Å². The summed E-state index contributed by atoms with van der Waals surface area (Å²) < 4.78 is 44.7. The number of halogens is 1. The van der Waals surface area contributed by atoms with Crippen LogP contribution in [0.2, 0.25) is 0 Å². The molecular weight excluding hydrogens is 297 g/mol. The van der Waals surface area contributed by atoms with E-state index in [0.29, 0.717) is 12.8 Å². The second-order valence-electron chi connectivity index (χ2n) is 5.24. The Morgan fingerprint density at radius 2 is 2.00 bits per heavy atom. The van der Waals surface area contributed by atoms with Crippen LogP contribution in [0.25, 0.3) is 0 Å². The third-order valence-electron chi connectivity index (χ3n) is 3.96. The van der Waals surface area contributed by atoms with Crippen LogP contribution in [-0.4, -0.2) is 44.1 Å². The van der Waals surface area contributed by atoms with Gasteiger partial charge in [-0.05, 0) is 31.0 Å². The van der Waals surface area contributed by atoms with Gasteiger partial charge in [0.05, 0.1) is 24.2 Å². The van der Waals surface area contributed by atoms with Gasteiger partial charge in [0.15, 0.2) is 11.6 Å². The van der Waals surface area contributed by atoms with Crippen molar-refractivity contribution in [1.82, 2.24) is 4.31 Å². The molecule has 1 aliphatic carbocycles. The van der Waals surface area contributed by atoms with Crippen LogP contribution in [0.15, 0.2) is 23.1 Å². The fourth-order valence-electron chi connectivity index (χ4n) is 2.67. The number of hydrogen-bond acceptors (Lipinski definition) is 4. The summed E-state index contributed by atoms with van der Waals surface area (Å²) in [4.78, 5) is -0.138. The van der Waals surface area contributed by atoms with Crippen LogP contribution >= 0.6 is 0 Å². The number of hydrogen-bond donors (Lipinski definition) is 1. The van der Waals surface area contributed by atoms with E-state index in [4.69, 9.17) is 4.74 Å². The van der Waals surface area contributed by atoms with E-state index in [9.17, 15) is 17.9 Å². The summed E-state index contributed by atoms with van der Waals surface area (Å²) in [6, 6.07) is 3.07. The van der Waals surface area contributed by atoms with E-state index in [1.807, 2.05) is 0 Å². The molecule has 0 saturated heterocycles. The molecule has 118 valence electrons. The SMILES string of the molecule is COc1ccc(S(=O)(=O)N(C)[C@@H]2CCCC[C@@H]2O)cc1F. The zero-order valence-electron chi connectivity index (χ0n) is 12.1. The molecule has 0 aliphatic heterocycles. The molecule has 0 unspecified atom stereocenters. The number of aliphatic hydroxyl groups is 1. The first-order valence-corrected chi connectivity index (χ1v) is 8.31. The van der Waals surface area contributed by atoms with Crippen molar-refractivity contribution >= 4 is 10.0 Å². The molecule has 1 fully saturated rings. The normalized spacial score (nSPS) is 23.3. The first-order valence-electron chi connectivity index (χ1n) is 6.87. The maximum Gasteiger partial charge on any atom is 0.243 e. The summed E-state index contributed by atoms with van der Waals surface area (Å²) in [5.41, 5.74) is 0. The summed E-state index contributed by atoms with van der Waals surface area (Å²) in [7, 11) is -1.10. The molecular formula is C14H20FNO4S. The molecule has 2 rings (SSSR count). The zero-order valence-corrected chi connectivity index (χ0v) is 12.9. The van der Waals surface area contributed by atoms with E-state index in [1.54, 1.807) is 0 Å². The Bertz CT molecular complexity index is 605. The molecule has 0 amide bonds. The largest absolute Gasteiger partial charge is 0.494 e. The Morgan fingerprint density at radius 3 is 2.57 bits per heavy atom. The van der Waals surface area contributed by atoms with Crippen LogP contribution in [0, 0.1) is 5.82 Å². The van der Waals surface area contributed by atoms with E-state index >= 15 is 0 Å². The molecule has 0 radical (unpaired) electrons. The highest BCUT2D eigenvalue weighted by Gasteiger charge is 2.34. The lowest BCUT2D eigenvalue weighted by molar-refractivity contribution is 0.0638. The Kier molecular flexibility index (Phi) is 4.85. The number of aliphatic hydroxyl groups excluding tert-OH is 1. The van der Waals surface area contributed by atoms with Gasteiger partial charge in [-0.25, -0.2) is 12.8 Å². The number of nitrogens with zero attached hydrogens (tertiary/aromatic N) is 1.